The molecule has 2 saturated heterocycles. The third-order valence-electron chi connectivity index (χ3n) is 4.46. The lowest BCUT2D eigenvalue weighted by molar-refractivity contribution is -0.140. The van der Waals surface area contributed by atoms with Gasteiger partial charge >= 0.3 is 0 Å². The van der Waals surface area contributed by atoms with E-state index in [-0.39, 0.29) is 30.3 Å². The normalized spacial score (nSPS) is 21.7. The van der Waals surface area contributed by atoms with Crippen LogP contribution in [-0.2, 0) is 9.59 Å². The van der Waals surface area contributed by atoms with E-state index in [4.69, 9.17) is 0 Å². The molecule has 0 aromatic carbocycles. The summed E-state index contributed by atoms with van der Waals surface area (Å²) in [6.07, 6.45) is 1.81. The Kier molecular flexibility index (Phi) is 5.47. The number of thiophene rings is 1. The van der Waals surface area contributed by atoms with Crippen molar-refractivity contribution in [1.29, 1.82) is 0 Å². The average Bonchev–Trinajstić information content (AvgIpc) is 3.14. The monoisotopic (exact) mass is 350 g/mol. The van der Waals surface area contributed by atoms with Crippen molar-refractivity contribution in [3.05, 3.63) is 22.4 Å². The van der Waals surface area contributed by atoms with Gasteiger partial charge in [0.1, 0.15) is 0 Å². The molecule has 3 heterocycles. The topological polar surface area (TPSA) is 81.8 Å². The van der Waals surface area contributed by atoms with Crippen LogP contribution in [0, 0.1) is 0 Å². The third-order valence-corrected chi connectivity index (χ3v) is 5.33. The van der Waals surface area contributed by atoms with E-state index in [9.17, 15) is 14.4 Å². The minimum absolute atomic E-state index is 0.00104. The molecule has 0 saturated carbocycles. The van der Waals surface area contributed by atoms with Gasteiger partial charge in [-0.1, -0.05) is 6.07 Å². The average molecular weight is 350 g/mol. The maximum atomic E-state index is 12.4. The molecule has 2 N–H and O–H groups in total. The fraction of sp³-hybridized carbons (Fsp3) is 0.562. The van der Waals surface area contributed by atoms with Crippen LogP contribution in [0.5, 0.6) is 0 Å². The van der Waals surface area contributed by atoms with Crippen molar-refractivity contribution in [2.75, 3.05) is 39.3 Å². The molecule has 1 aromatic rings. The van der Waals surface area contributed by atoms with E-state index in [1.165, 1.54) is 11.3 Å². The molecule has 0 aliphatic carbocycles. The van der Waals surface area contributed by atoms with E-state index in [0.717, 1.165) is 19.4 Å². The quantitative estimate of drug-likeness (QED) is 0.795. The van der Waals surface area contributed by atoms with Gasteiger partial charge in [0, 0.05) is 32.2 Å². The van der Waals surface area contributed by atoms with Crippen LogP contribution in [0.25, 0.3) is 0 Å². The molecule has 0 spiro atoms. The Morgan fingerprint density at radius 1 is 1.38 bits per heavy atom. The van der Waals surface area contributed by atoms with Crippen LogP contribution in [0.3, 0.4) is 0 Å². The highest BCUT2D eigenvalue weighted by Gasteiger charge is 2.31. The summed E-state index contributed by atoms with van der Waals surface area (Å²) in [7, 11) is 0. The van der Waals surface area contributed by atoms with E-state index in [1.807, 2.05) is 10.3 Å². The maximum absolute atomic E-state index is 12.4. The largest absolute Gasteiger partial charge is 0.342 e. The van der Waals surface area contributed by atoms with Crippen LogP contribution in [0.1, 0.15) is 22.5 Å². The summed E-state index contributed by atoms with van der Waals surface area (Å²) in [4.78, 5) is 40.6. The molecule has 0 radical (unpaired) electrons. The zero-order chi connectivity index (χ0) is 16.9. The number of carbonyl (C=O) groups excluding carboxylic acids is 3. The van der Waals surface area contributed by atoms with Gasteiger partial charge in [-0.25, -0.2) is 0 Å². The third kappa shape index (κ3) is 3.93. The van der Waals surface area contributed by atoms with Crippen molar-refractivity contribution in [3.8, 4) is 0 Å². The summed E-state index contributed by atoms with van der Waals surface area (Å²) in [5, 5.41) is 7.57. The molecule has 130 valence electrons. The predicted molar refractivity (Wildman–Crippen MR) is 90.8 cm³/mol. The van der Waals surface area contributed by atoms with Gasteiger partial charge in [-0.2, -0.15) is 0 Å². The SMILES string of the molecule is O=C(NCC(=O)N1CCCC(N2CCNCC2=O)C1)c1cccs1. The van der Waals surface area contributed by atoms with Gasteiger partial charge in [-0.15, -0.1) is 11.3 Å². The molecule has 2 fully saturated rings. The molecular formula is C16H22N4O3S. The first kappa shape index (κ1) is 16.9. The highest BCUT2D eigenvalue weighted by molar-refractivity contribution is 7.12. The Labute approximate surface area is 145 Å². The number of hydrogen-bond acceptors (Lipinski definition) is 5. The molecule has 24 heavy (non-hydrogen) atoms. The van der Waals surface area contributed by atoms with Crippen molar-refractivity contribution < 1.29 is 14.4 Å². The Bertz CT molecular complexity index is 604. The molecule has 1 unspecified atom stereocenters. The Morgan fingerprint density at radius 3 is 3.00 bits per heavy atom. The number of piperidine rings is 1. The first-order chi connectivity index (χ1) is 11.6. The second-order valence-corrected chi connectivity index (χ2v) is 7.01. The van der Waals surface area contributed by atoms with Gasteiger partial charge in [0.2, 0.25) is 11.8 Å². The first-order valence-corrected chi connectivity index (χ1v) is 9.13. The number of likely N-dealkylation sites (tertiary alicyclic amines) is 1. The maximum Gasteiger partial charge on any atom is 0.261 e. The molecule has 2 aliphatic heterocycles. The lowest BCUT2D eigenvalue weighted by Gasteiger charge is -2.41. The van der Waals surface area contributed by atoms with Crippen molar-refractivity contribution in [2.24, 2.45) is 0 Å². The minimum atomic E-state index is -0.218. The highest BCUT2D eigenvalue weighted by atomic mass is 32.1. The molecule has 8 heteroatoms. The van der Waals surface area contributed by atoms with Crippen LogP contribution in [-0.4, -0.2) is 72.8 Å². The van der Waals surface area contributed by atoms with Gasteiger partial charge in [0.25, 0.3) is 5.91 Å². The van der Waals surface area contributed by atoms with E-state index in [2.05, 4.69) is 10.6 Å². The van der Waals surface area contributed by atoms with E-state index in [1.54, 1.807) is 17.0 Å². The second-order valence-electron chi connectivity index (χ2n) is 6.06. The number of piperazine rings is 1. The number of hydrogen-bond donors (Lipinski definition) is 2. The van der Waals surface area contributed by atoms with E-state index < -0.39 is 0 Å². The van der Waals surface area contributed by atoms with Crippen molar-refractivity contribution >= 4 is 29.1 Å². The van der Waals surface area contributed by atoms with Gasteiger partial charge in [0.05, 0.1) is 18.0 Å². The van der Waals surface area contributed by atoms with E-state index >= 15 is 0 Å². The van der Waals surface area contributed by atoms with Gasteiger partial charge in [-0.05, 0) is 24.3 Å². The smallest absolute Gasteiger partial charge is 0.261 e. The number of carbonyl (C=O) groups is 3. The number of nitrogens with zero attached hydrogens (tertiary/aromatic N) is 2. The molecule has 1 atom stereocenters. The summed E-state index contributed by atoms with van der Waals surface area (Å²) >= 11 is 1.35. The fourth-order valence-electron chi connectivity index (χ4n) is 3.21. The summed E-state index contributed by atoms with van der Waals surface area (Å²) < 4.78 is 0. The molecule has 0 bridgehead atoms. The summed E-state index contributed by atoms with van der Waals surface area (Å²) in [6.45, 7) is 3.11. The Hall–Kier alpha value is -1.93. The first-order valence-electron chi connectivity index (χ1n) is 8.25. The van der Waals surface area contributed by atoms with Crippen LogP contribution < -0.4 is 10.6 Å². The second kappa shape index (κ2) is 7.76. The molecule has 2 aliphatic rings. The fourth-order valence-corrected chi connectivity index (χ4v) is 3.85. The number of rotatable bonds is 4. The zero-order valence-electron chi connectivity index (χ0n) is 13.5. The van der Waals surface area contributed by atoms with Crippen LogP contribution in [0.2, 0.25) is 0 Å². The summed E-state index contributed by atoms with van der Waals surface area (Å²) in [6, 6.07) is 3.63. The zero-order valence-corrected chi connectivity index (χ0v) is 14.3. The highest BCUT2D eigenvalue weighted by Crippen LogP contribution is 2.17. The van der Waals surface area contributed by atoms with Crippen LogP contribution >= 0.6 is 11.3 Å². The van der Waals surface area contributed by atoms with Crippen LogP contribution in [0.4, 0.5) is 0 Å². The molecular weight excluding hydrogens is 328 g/mol. The van der Waals surface area contributed by atoms with Crippen molar-refractivity contribution in [1.82, 2.24) is 20.4 Å². The summed E-state index contributed by atoms with van der Waals surface area (Å²) in [5.41, 5.74) is 0. The van der Waals surface area contributed by atoms with Gasteiger partial charge in [0.15, 0.2) is 0 Å². The standard InChI is InChI=1S/C16H22N4O3S/c21-14(10-18-16(23)13-4-2-8-24-13)19-6-1-3-12(11-19)20-7-5-17-9-15(20)22/h2,4,8,12,17H,1,3,5-7,9-11H2,(H,18,23). The number of amides is 3. The number of nitrogens with one attached hydrogen (secondary N) is 2. The molecule has 3 rings (SSSR count). The molecule has 3 amide bonds. The van der Waals surface area contributed by atoms with E-state index in [0.29, 0.717) is 31.1 Å². The van der Waals surface area contributed by atoms with Crippen molar-refractivity contribution in [2.45, 2.75) is 18.9 Å². The lowest BCUT2D eigenvalue weighted by Crippen LogP contribution is -2.58. The van der Waals surface area contributed by atoms with Crippen LogP contribution in [0.15, 0.2) is 17.5 Å². The van der Waals surface area contributed by atoms with Gasteiger partial charge in [-0.3, -0.25) is 14.4 Å². The predicted octanol–water partition coefficient (Wildman–Crippen LogP) is -0.0993. The van der Waals surface area contributed by atoms with Crippen molar-refractivity contribution in [3.63, 3.8) is 0 Å². The minimum Gasteiger partial charge on any atom is -0.342 e. The lowest BCUT2D eigenvalue weighted by atomic mass is 10.0. The Balaban J connectivity index is 1.51. The molecule has 1 aromatic heterocycles. The summed E-state index contributed by atoms with van der Waals surface area (Å²) in [5.74, 6) is -0.206. The Morgan fingerprint density at radius 2 is 2.25 bits per heavy atom. The van der Waals surface area contributed by atoms with Gasteiger partial charge < -0.3 is 20.4 Å². The molecule has 7 nitrogen and oxygen atoms in total.